The van der Waals surface area contributed by atoms with Crippen molar-refractivity contribution in [2.45, 2.75) is 96.6 Å². The maximum absolute atomic E-state index is 11.7. The second-order valence-corrected chi connectivity index (χ2v) is 11.7. The summed E-state index contributed by atoms with van der Waals surface area (Å²) in [6.45, 7) is 6.58. The summed E-state index contributed by atoms with van der Waals surface area (Å²) in [7, 11) is 1.42. The first-order valence-corrected chi connectivity index (χ1v) is 12.3. The Hall–Kier alpha value is -0.690. The molecule has 0 spiro atoms. The van der Waals surface area contributed by atoms with E-state index in [-0.39, 0.29) is 52.3 Å². The van der Waals surface area contributed by atoms with E-state index in [1.54, 1.807) is 0 Å². The van der Waals surface area contributed by atoms with Gasteiger partial charge in [-0.05, 0) is 91.3 Å². The Labute approximate surface area is 186 Å². The van der Waals surface area contributed by atoms with Crippen molar-refractivity contribution >= 4 is 5.97 Å². The molecule has 6 heteroatoms. The van der Waals surface area contributed by atoms with Gasteiger partial charge < -0.3 is 25.2 Å². The Kier molecular flexibility index (Phi) is 6.26. The lowest BCUT2D eigenvalue weighted by Gasteiger charge is -2.64. The molecule has 4 saturated carbocycles. The fourth-order valence-corrected chi connectivity index (χ4v) is 8.82. The highest BCUT2D eigenvalue weighted by molar-refractivity contribution is 5.69. The number of methoxy groups -OCH3 is 1. The molecule has 6 nitrogen and oxygen atoms in total. The molecule has 0 aromatic heterocycles. The smallest absolute Gasteiger partial charge is 0.305 e. The first-order chi connectivity index (χ1) is 14.6. The van der Waals surface area contributed by atoms with Crippen LogP contribution in [0.3, 0.4) is 0 Å². The number of rotatable bonds is 4. The zero-order valence-corrected chi connectivity index (χ0v) is 19.5. The second kappa shape index (κ2) is 8.27. The van der Waals surface area contributed by atoms with E-state index in [9.17, 15) is 25.2 Å². The van der Waals surface area contributed by atoms with Gasteiger partial charge in [-0.3, -0.25) is 4.79 Å². The molecule has 0 radical (unpaired) electrons. The maximum atomic E-state index is 11.7. The summed E-state index contributed by atoms with van der Waals surface area (Å²) in [5.41, 5.74) is -0.492. The fourth-order valence-electron chi connectivity index (χ4n) is 8.82. The van der Waals surface area contributed by atoms with Crippen LogP contribution in [0.25, 0.3) is 0 Å². The van der Waals surface area contributed by atoms with Crippen LogP contribution in [0.2, 0.25) is 0 Å². The van der Waals surface area contributed by atoms with Crippen molar-refractivity contribution in [3.8, 4) is 0 Å². The van der Waals surface area contributed by atoms with E-state index in [1.165, 1.54) is 7.11 Å². The molecule has 0 aromatic carbocycles. The van der Waals surface area contributed by atoms with Crippen LogP contribution in [0.4, 0.5) is 0 Å². The normalized spacial score (nSPS) is 52.6. The van der Waals surface area contributed by atoms with Crippen molar-refractivity contribution in [3.05, 3.63) is 0 Å². The molecular formula is C25H42O6. The maximum Gasteiger partial charge on any atom is 0.305 e. The summed E-state index contributed by atoms with van der Waals surface area (Å²) < 4.78 is 4.81. The van der Waals surface area contributed by atoms with Crippen molar-refractivity contribution in [1.29, 1.82) is 0 Å². The van der Waals surface area contributed by atoms with E-state index < -0.39 is 24.4 Å². The molecule has 0 aromatic rings. The van der Waals surface area contributed by atoms with E-state index in [0.717, 1.165) is 32.1 Å². The van der Waals surface area contributed by atoms with E-state index >= 15 is 0 Å². The molecule has 0 bridgehead atoms. The van der Waals surface area contributed by atoms with Crippen molar-refractivity contribution in [2.24, 2.45) is 46.3 Å². The van der Waals surface area contributed by atoms with E-state index in [2.05, 4.69) is 20.8 Å². The summed E-state index contributed by atoms with van der Waals surface area (Å²) in [6.07, 6.45) is 3.27. The summed E-state index contributed by atoms with van der Waals surface area (Å²) in [5.74, 6) is 0.514. The Morgan fingerprint density at radius 1 is 1.00 bits per heavy atom. The van der Waals surface area contributed by atoms with Crippen LogP contribution in [0.5, 0.6) is 0 Å². The zero-order valence-electron chi connectivity index (χ0n) is 19.5. The van der Waals surface area contributed by atoms with Crippen LogP contribution in [-0.2, 0) is 9.53 Å². The molecule has 0 aliphatic heterocycles. The molecule has 31 heavy (non-hydrogen) atoms. The summed E-state index contributed by atoms with van der Waals surface area (Å²) in [5, 5.41) is 44.2. The van der Waals surface area contributed by atoms with E-state index in [1.807, 2.05) is 0 Å². The molecule has 4 aliphatic carbocycles. The molecule has 4 aliphatic rings. The van der Waals surface area contributed by atoms with Crippen molar-refractivity contribution in [2.75, 3.05) is 7.11 Å². The van der Waals surface area contributed by atoms with Crippen LogP contribution >= 0.6 is 0 Å². The monoisotopic (exact) mass is 438 g/mol. The van der Waals surface area contributed by atoms with Crippen LogP contribution in [-0.4, -0.2) is 57.9 Å². The Morgan fingerprint density at radius 2 is 1.71 bits per heavy atom. The average molecular weight is 439 g/mol. The molecule has 0 heterocycles. The quantitative estimate of drug-likeness (QED) is 0.503. The third-order valence-electron chi connectivity index (χ3n) is 10.6. The highest BCUT2D eigenvalue weighted by Crippen LogP contribution is 2.68. The Morgan fingerprint density at radius 3 is 2.39 bits per heavy atom. The minimum Gasteiger partial charge on any atom is -0.469 e. The highest BCUT2D eigenvalue weighted by atomic mass is 16.5. The molecule has 12 atom stereocenters. The topological polar surface area (TPSA) is 107 Å². The van der Waals surface area contributed by atoms with Gasteiger partial charge in [-0.25, -0.2) is 0 Å². The number of esters is 1. The highest BCUT2D eigenvalue weighted by Gasteiger charge is 2.67. The second-order valence-electron chi connectivity index (χ2n) is 11.7. The van der Waals surface area contributed by atoms with Crippen molar-refractivity contribution in [1.82, 2.24) is 0 Å². The molecule has 4 rings (SSSR count). The molecule has 0 unspecified atom stereocenters. The van der Waals surface area contributed by atoms with Gasteiger partial charge in [0.15, 0.2) is 0 Å². The van der Waals surface area contributed by atoms with Gasteiger partial charge in [0.25, 0.3) is 0 Å². The number of hydrogen-bond donors (Lipinski definition) is 4. The SMILES string of the molecule is COC(=O)CC[C@H](C)[C@H]1CC[C@H]2[C@H]3[C@@H](O)[C@@H](O)[C@H]4C[C@@H](O)CC[C@]4(C)[C@H]3C[C@H](O)[C@]12C. The van der Waals surface area contributed by atoms with Gasteiger partial charge in [0, 0.05) is 6.42 Å². The summed E-state index contributed by atoms with van der Waals surface area (Å²) in [4.78, 5) is 11.7. The molecule has 4 N–H and O–H groups in total. The minimum absolute atomic E-state index is 0.0299. The molecular weight excluding hydrogens is 396 g/mol. The first kappa shape index (κ1) is 23.5. The van der Waals surface area contributed by atoms with Gasteiger partial charge in [0.2, 0.25) is 0 Å². The lowest BCUT2D eigenvalue weighted by atomic mass is 9.42. The van der Waals surface area contributed by atoms with E-state index in [0.29, 0.717) is 19.3 Å². The molecule has 0 amide bonds. The first-order valence-electron chi connectivity index (χ1n) is 12.3. The van der Waals surface area contributed by atoms with Crippen LogP contribution in [0, 0.1) is 46.3 Å². The fraction of sp³-hybridized carbons (Fsp3) is 0.960. The van der Waals surface area contributed by atoms with Gasteiger partial charge in [0.05, 0.1) is 31.5 Å². The molecule has 178 valence electrons. The Bertz CT molecular complexity index is 683. The lowest BCUT2D eigenvalue weighted by Crippen LogP contribution is -2.66. The number of carbonyl (C=O) groups excluding carboxylic acids is 1. The van der Waals surface area contributed by atoms with Gasteiger partial charge in [-0.1, -0.05) is 20.8 Å². The number of aliphatic hydroxyl groups excluding tert-OH is 4. The predicted molar refractivity (Wildman–Crippen MR) is 116 cm³/mol. The van der Waals surface area contributed by atoms with Crippen LogP contribution in [0.15, 0.2) is 0 Å². The van der Waals surface area contributed by atoms with Crippen LogP contribution < -0.4 is 0 Å². The molecule has 0 saturated heterocycles. The van der Waals surface area contributed by atoms with Gasteiger partial charge in [0.1, 0.15) is 0 Å². The average Bonchev–Trinajstić information content (AvgIpc) is 3.10. The molecule has 4 fully saturated rings. The third-order valence-corrected chi connectivity index (χ3v) is 10.6. The number of fused-ring (bicyclic) bond motifs is 5. The van der Waals surface area contributed by atoms with Gasteiger partial charge in [-0.2, -0.15) is 0 Å². The predicted octanol–water partition coefficient (Wildman–Crippen LogP) is 2.51. The minimum atomic E-state index is -0.823. The van der Waals surface area contributed by atoms with Crippen molar-refractivity contribution < 1.29 is 30.0 Å². The third kappa shape index (κ3) is 3.48. The van der Waals surface area contributed by atoms with Crippen molar-refractivity contribution in [3.63, 3.8) is 0 Å². The van der Waals surface area contributed by atoms with Gasteiger partial charge >= 0.3 is 5.97 Å². The number of hydrogen-bond acceptors (Lipinski definition) is 6. The summed E-state index contributed by atoms with van der Waals surface area (Å²) in [6, 6.07) is 0. The summed E-state index contributed by atoms with van der Waals surface area (Å²) >= 11 is 0. The van der Waals surface area contributed by atoms with E-state index in [4.69, 9.17) is 4.74 Å². The lowest BCUT2D eigenvalue weighted by molar-refractivity contribution is -0.243. The number of carbonyl (C=O) groups is 1. The number of ether oxygens (including phenoxy) is 1. The number of aliphatic hydroxyl groups is 4. The van der Waals surface area contributed by atoms with Crippen LogP contribution in [0.1, 0.15) is 72.1 Å². The van der Waals surface area contributed by atoms with Gasteiger partial charge in [-0.15, -0.1) is 0 Å². The largest absolute Gasteiger partial charge is 0.469 e. The standard InChI is InChI=1S/C25H42O6/c1-13(5-8-20(28)31-4)15-6-7-16-21-17(12-19(27)25(15,16)3)24(2)10-9-14(26)11-18(24)22(29)23(21)30/h13-19,21-23,26-27,29-30H,5-12H2,1-4H3/t13-,14-,15+,16-,17-,18+,19-,21+,22-,23+,24+,25+/m0/s1. The Balaban J connectivity index is 1.61. The zero-order chi connectivity index (χ0) is 22.7.